The summed E-state index contributed by atoms with van der Waals surface area (Å²) in [4.78, 5) is 0. The van der Waals surface area contributed by atoms with Gasteiger partial charge in [-0.3, -0.25) is 0 Å². The lowest BCUT2D eigenvalue weighted by Gasteiger charge is -2.11. The zero-order valence-corrected chi connectivity index (χ0v) is 10.9. The van der Waals surface area contributed by atoms with Crippen molar-refractivity contribution in [1.82, 2.24) is 5.32 Å². The van der Waals surface area contributed by atoms with Gasteiger partial charge in [0.2, 0.25) is 0 Å². The van der Waals surface area contributed by atoms with Gasteiger partial charge in [0.05, 0.1) is 0 Å². The second-order valence-electron chi connectivity index (χ2n) is 4.53. The van der Waals surface area contributed by atoms with Gasteiger partial charge >= 0.3 is 0 Å². The molecule has 0 aromatic heterocycles. The van der Waals surface area contributed by atoms with Gasteiger partial charge in [-0.25, -0.2) is 0 Å². The fourth-order valence-electron chi connectivity index (χ4n) is 2.38. The fourth-order valence-corrected chi connectivity index (χ4v) is 2.87. The monoisotopic (exact) mass is 235 g/mol. The van der Waals surface area contributed by atoms with E-state index in [1.54, 1.807) is 11.1 Å². The predicted molar refractivity (Wildman–Crippen MR) is 73.3 cm³/mol. The van der Waals surface area contributed by atoms with Crippen molar-refractivity contribution < 1.29 is 0 Å². The largest absolute Gasteiger partial charge is 0.313 e. The standard InChI is InChI=1S/C14H21NS/c1-16-9-5-4-8-15-14-10-12-6-2-3-7-13(12)11-14/h2-3,6-7,14-15H,4-5,8-11H2,1H3. The molecule has 16 heavy (non-hydrogen) atoms. The zero-order valence-electron chi connectivity index (χ0n) is 10.0. The van der Waals surface area contributed by atoms with Crippen LogP contribution in [-0.4, -0.2) is 24.6 Å². The number of unbranched alkanes of at least 4 members (excludes halogenated alkanes) is 1. The first kappa shape index (κ1) is 12.0. The molecular weight excluding hydrogens is 214 g/mol. The lowest BCUT2D eigenvalue weighted by molar-refractivity contribution is 0.521. The second-order valence-corrected chi connectivity index (χ2v) is 5.51. The van der Waals surface area contributed by atoms with E-state index in [1.165, 1.54) is 38.0 Å². The van der Waals surface area contributed by atoms with Crippen molar-refractivity contribution in [2.75, 3.05) is 18.6 Å². The van der Waals surface area contributed by atoms with E-state index < -0.39 is 0 Å². The van der Waals surface area contributed by atoms with E-state index in [0.717, 1.165) is 0 Å². The van der Waals surface area contributed by atoms with Gasteiger partial charge in [-0.15, -0.1) is 0 Å². The van der Waals surface area contributed by atoms with Crippen molar-refractivity contribution in [2.45, 2.75) is 31.7 Å². The number of hydrogen-bond donors (Lipinski definition) is 1. The first-order chi connectivity index (χ1) is 7.90. The third-order valence-electron chi connectivity index (χ3n) is 3.26. The van der Waals surface area contributed by atoms with E-state index >= 15 is 0 Å². The molecule has 1 aliphatic rings. The first-order valence-corrected chi connectivity index (χ1v) is 7.58. The van der Waals surface area contributed by atoms with E-state index in [4.69, 9.17) is 0 Å². The molecule has 2 rings (SSSR count). The van der Waals surface area contributed by atoms with Gasteiger partial charge in [0.25, 0.3) is 0 Å². The third-order valence-corrected chi connectivity index (χ3v) is 3.96. The summed E-state index contributed by atoms with van der Waals surface area (Å²) in [7, 11) is 0. The summed E-state index contributed by atoms with van der Waals surface area (Å²) in [6.07, 6.45) is 7.28. The van der Waals surface area contributed by atoms with Crippen LogP contribution in [-0.2, 0) is 12.8 Å². The van der Waals surface area contributed by atoms with Crippen LogP contribution < -0.4 is 5.32 Å². The van der Waals surface area contributed by atoms with Crippen LogP contribution in [0.25, 0.3) is 0 Å². The van der Waals surface area contributed by atoms with Gasteiger partial charge < -0.3 is 5.32 Å². The normalized spacial score (nSPS) is 15.3. The Morgan fingerprint density at radius 1 is 1.19 bits per heavy atom. The van der Waals surface area contributed by atoms with E-state index in [-0.39, 0.29) is 0 Å². The summed E-state index contributed by atoms with van der Waals surface area (Å²) in [5.41, 5.74) is 3.09. The summed E-state index contributed by atoms with van der Waals surface area (Å²) in [5, 5.41) is 3.68. The number of thioether (sulfide) groups is 1. The van der Waals surface area contributed by atoms with Crippen molar-refractivity contribution in [3.63, 3.8) is 0 Å². The van der Waals surface area contributed by atoms with E-state index in [1.807, 2.05) is 11.8 Å². The minimum absolute atomic E-state index is 0.687. The Morgan fingerprint density at radius 2 is 1.88 bits per heavy atom. The van der Waals surface area contributed by atoms with Gasteiger partial charge in [-0.2, -0.15) is 11.8 Å². The van der Waals surface area contributed by atoms with E-state index in [2.05, 4.69) is 35.8 Å². The summed E-state index contributed by atoms with van der Waals surface area (Å²) in [6, 6.07) is 9.53. The van der Waals surface area contributed by atoms with Crippen molar-refractivity contribution in [3.8, 4) is 0 Å². The highest BCUT2D eigenvalue weighted by molar-refractivity contribution is 7.98. The first-order valence-electron chi connectivity index (χ1n) is 6.19. The Hall–Kier alpha value is -0.470. The van der Waals surface area contributed by atoms with Crippen LogP contribution in [0.3, 0.4) is 0 Å². The molecule has 88 valence electrons. The highest BCUT2D eigenvalue weighted by Gasteiger charge is 2.19. The predicted octanol–water partition coefficient (Wildman–Crippen LogP) is 2.89. The minimum atomic E-state index is 0.687. The van der Waals surface area contributed by atoms with Crippen molar-refractivity contribution in [1.29, 1.82) is 0 Å². The molecular formula is C14H21NS. The zero-order chi connectivity index (χ0) is 11.2. The summed E-state index contributed by atoms with van der Waals surface area (Å²) >= 11 is 1.95. The van der Waals surface area contributed by atoms with Crippen molar-refractivity contribution in [3.05, 3.63) is 35.4 Å². The Bertz CT molecular complexity index is 299. The summed E-state index contributed by atoms with van der Waals surface area (Å²) < 4.78 is 0. The number of nitrogens with one attached hydrogen (secondary N) is 1. The quantitative estimate of drug-likeness (QED) is 0.761. The van der Waals surface area contributed by atoms with Crippen molar-refractivity contribution >= 4 is 11.8 Å². The van der Waals surface area contributed by atoms with E-state index in [0.29, 0.717) is 6.04 Å². The molecule has 1 nitrogen and oxygen atoms in total. The molecule has 0 unspecified atom stereocenters. The molecule has 0 fully saturated rings. The molecule has 2 heteroatoms. The highest BCUT2D eigenvalue weighted by atomic mass is 32.2. The Morgan fingerprint density at radius 3 is 2.50 bits per heavy atom. The van der Waals surface area contributed by atoms with Crippen LogP contribution in [0.2, 0.25) is 0 Å². The molecule has 1 aromatic rings. The third kappa shape index (κ3) is 3.26. The number of rotatable bonds is 6. The van der Waals surface area contributed by atoms with Crippen LogP contribution >= 0.6 is 11.8 Å². The summed E-state index contributed by atoms with van der Waals surface area (Å²) in [5.74, 6) is 1.30. The minimum Gasteiger partial charge on any atom is -0.313 e. The Labute approximate surface area is 103 Å². The lowest BCUT2D eigenvalue weighted by atomic mass is 10.1. The maximum atomic E-state index is 3.68. The van der Waals surface area contributed by atoms with Crippen LogP contribution in [0, 0.1) is 0 Å². The maximum absolute atomic E-state index is 3.68. The van der Waals surface area contributed by atoms with Gasteiger partial charge in [0, 0.05) is 6.04 Å². The lowest BCUT2D eigenvalue weighted by Crippen LogP contribution is -2.30. The highest BCUT2D eigenvalue weighted by Crippen LogP contribution is 2.21. The number of hydrogen-bond acceptors (Lipinski definition) is 2. The molecule has 1 aromatic carbocycles. The Balaban J connectivity index is 1.67. The molecule has 0 radical (unpaired) electrons. The molecule has 0 atom stereocenters. The molecule has 0 amide bonds. The molecule has 0 spiro atoms. The SMILES string of the molecule is CSCCCCNC1Cc2ccccc2C1. The molecule has 1 aliphatic carbocycles. The maximum Gasteiger partial charge on any atom is 0.0148 e. The summed E-state index contributed by atoms with van der Waals surface area (Å²) in [6.45, 7) is 1.18. The topological polar surface area (TPSA) is 12.0 Å². The molecule has 1 N–H and O–H groups in total. The fraction of sp³-hybridized carbons (Fsp3) is 0.571. The average molecular weight is 235 g/mol. The van der Waals surface area contributed by atoms with Gasteiger partial charge in [-0.05, 0) is 55.4 Å². The van der Waals surface area contributed by atoms with Crippen LogP contribution in [0.15, 0.2) is 24.3 Å². The van der Waals surface area contributed by atoms with Gasteiger partial charge in [0.15, 0.2) is 0 Å². The second kappa shape index (κ2) is 6.31. The van der Waals surface area contributed by atoms with Crippen LogP contribution in [0.4, 0.5) is 0 Å². The smallest absolute Gasteiger partial charge is 0.0148 e. The van der Waals surface area contributed by atoms with Crippen molar-refractivity contribution in [2.24, 2.45) is 0 Å². The van der Waals surface area contributed by atoms with Crippen LogP contribution in [0.1, 0.15) is 24.0 Å². The number of benzene rings is 1. The van der Waals surface area contributed by atoms with Gasteiger partial charge in [-0.1, -0.05) is 24.3 Å². The molecule has 0 saturated carbocycles. The molecule has 0 bridgehead atoms. The van der Waals surface area contributed by atoms with Crippen LogP contribution in [0.5, 0.6) is 0 Å². The Kier molecular flexibility index (Phi) is 4.73. The van der Waals surface area contributed by atoms with E-state index in [9.17, 15) is 0 Å². The molecule has 0 aliphatic heterocycles. The average Bonchev–Trinajstić information content (AvgIpc) is 2.71. The van der Waals surface area contributed by atoms with Gasteiger partial charge in [0.1, 0.15) is 0 Å². The molecule has 0 heterocycles. The number of fused-ring (bicyclic) bond motifs is 1. The molecule has 0 saturated heterocycles.